The van der Waals surface area contributed by atoms with Crippen LogP contribution < -0.4 is 10.6 Å². The van der Waals surface area contributed by atoms with Crippen LogP contribution in [0.1, 0.15) is 6.42 Å². The van der Waals surface area contributed by atoms with E-state index in [2.05, 4.69) is 21.0 Å². The van der Waals surface area contributed by atoms with Crippen molar-refractivity contribution >= 4 is 17.3 Å². The number of fused-ring (bicyclic) bond motifs is 1. The fourth-order valence-corrected chi connectivity index (χ4v) is 1.65. The molecule has 2 aromatic heterocycles. The van der Waals surface area contributed by atoms with Crippen molar-refractivity contribution in [2.24, 2.45) is 0 Å². The van der Waals surface area contributed by atoms with Crippen LogP contribution in [0.4, 0.5) is 11.6 Å². The van der Waals surface area contributed by atoms with Gasteiger partial charge in [0.1, 0.15) is 0 Å². The van der Waals surface area contributed by atoms with E-state index in [-0.39, 0.29) is 0 Å². The molecular weight excluding hydrogens is 178 g/mol. The van der Waals surface area contributed by atoms with Crippen molar-refractivity contribution in [3.63, 3.8) is 0 Å². The fraction of sp³-hybridized carbons (Fsp3) is 0.333. The van der Waals surface area contributed by atoms with Gasteiger partial charge >= 0.3 is 0 Å². The molecule has 5 heteroatoms. The normalized spacial score (nSPS) is 15.9. The van der Waals surface area contributed by atoms with Crippen molar-refractivity contribution < 1.29 is 0 Å². The van der Waals surface area contributed by atoms with Crippen molar-refractivity contribution in [3.8, 4) is 0 Å². The molecule has 1 aliphatic heterocycles. The van der Waals surface area contributed by atoms with Crippen LogP contribution in [0.25, 0.3) is 5.65 Å². The summed E-state index contributed by atoms with van der Waals surface area (Å²) in [6.45, 7) is 2.27. The molecule has 0 bridgehead atoms. The van der Waals surface area contributed by atoms with Gasteiger partial charge < -0.3 is 10.6 Å². The van der Waals surface area contributed by atoms with Crippen molar-refractivity contribution in [1.82, 2.24) is 14.6 Å². The number of pyridine rings is 1. The fourth-order valence-electron chi connectivity index (χ4n) is 1.65. The Morgan fingerprint density at radius 1 is 1.29 bits per heavy atom. The van der Waals surface area contributed by atoms with Crippen LogP contribution in [0.3, 0.4) is 0 Å². The Morgan fingerprint density at radius 3 is 2.86 bits per heavy atom. The summed E-state index contributed by atoms with van der Waals surface area (Å²) in [5.74, 6) is 0.325. The molecule has 1 saturated heterocycles. The van der Waals surface area contributed by atoms with Crippen LogP contribution in [-0.4, -0.2) is 27.7 Å². The van der Waals surface area contributed by atoms with Gasteiger partial charge in [-0.1, -0.05) is 0 Å². The molecule has 0 aromatic carbocycles. The minimum atomic E-state index is 0.325. The van der Waals surface area contributed by atoms with Gasteiger partial charge in [-0.2, -0.15) is 4.98 Å². The lowest BCUT2D eigenvalue weighted by Gasteiger charge is -2.32. The van der Waals surface area contributed by atoms with E-state index in [1.54, 1.807) is 4.52 Å². The second kappa shape index (κ2) is 2.60. The van der Waals surface area contributed by atoms with Gasteiger partial charge in [-0.25, -0.2) is 4.52 Å². The third kappa shape index (κ3) is 1.02. The van der Waals surface area contributed by atoms with Crippen LogP contribution in [-0.2, 0) is 0 Å². The van der Waals surface area contributed by atoms with E-state index in [1.165, 1.54) is 12.1 Å². The van der Waals surface area contributed by atoms with E-state index in [0.29, 0.717) is 5.95 Å². The van der Waals surface area contributed by atoms with Gasteiger partial charge in [-0.05, 0) is 18.6 Å². The average Bonchev–Trinajstić information content (AvgIpc) is 2.40. The van der Waals surface area contributed by atoms with Crippen LogP contribution in [0.15, 0.2) is 18.3 Å². The largest absolute Gasteiger partial charge is 0.370 e. The van der Waals surface area contributed by atoms with Crippen molar-refractivity contribution in [1.29, 1.82) is 0 Å². The predicted octanol–water partition coefficient (Wildman–Crippen LogP) is 0.522. The first kappa shape index (κ1) is 7.61. The monoisotopic (exact) mass is 189 g/mol. The highest BCUT2D eigenvalue weighted by Gasteiger charge is 2.14. The highest BCUT2D eigenvalue weighted by molar-refractivity contribution is 5.53. The molecule has 0 aliphatic carbocycles. The highest BCUT2D eigenvalue weighted by Crippen LogP contribution is 2.20. The van der Waals surface area contributed by atoms with Crippen molar-refractivity contribution in [3.05, 3.63) is 18.3 Å². The quantitative estimate of drug-likeness (QED) is 0.710. The summed E-state index contributed by atoms with van der Waals surface area (Å²) < 4.78 is 1.73. The molecule has 3 rings (SSSR count). The van der Waals surface area contributed by atoms with E-state index in [1.807, 2.05) is 12.3 Å². The maximum atomic E-state index is 5.51. The lowest BCUT2D eigenvalue weighted by molar-refractivity contribution is 0.615. The van der Waals surface area contributed by atoms with Gasteiger partial charge in [0.25, 0.3) is 0 Å². The molecule has 14 heavy (non-hydrogen) atoms. The zero-order valence-electron chi connectivity index (χ0n) is 7.72. The Balaban J connectivity index is 2.09. The summed E-state index contributed by atoms with van der Waals surface area (Å²) in [4.78, 5) is 6.37. The minimum Gasteiger partial charge on any atom is -0.370 e. The summed E-state index contributed by atoms with van der Waals surface area (Å²) in [5, 5.41) is 4.07. The molecule has 72 valence electrons. The molecule has 0 saturated carbocycles. The Labute approximate surface area is 81.1 Å². The van der Waals surface area contributed by atoms with E-state index in [0.717, 1.165) is 18.7 Å². The summed E-state index contributed by atoms with van der Waals surface area (Å²) in [6.07, 6.45) is 3.25. The molecule has 1 aliphatic rings. The average molecular weight is 189 g/mol. The van der Waals surface area contributed by atoms with Gasteiger partial charge in [-0.15, -0.1) is 5.10 Å². The second-order valence-electron chi connectivity index (χ2n) is 3.50. The number of nitrogens with zero attached hydrogens (tertiary/aromatic N) is 4. The number of nitrogen functional groups attached to an aromatic ring is 1. The van der Waals surface area contributed by atoms with Crippen molar-refractivity contribution in [2.45, 2.75) is 6.42 Å². The summed E-state index contributed by atoms with van der Waals surface area (Å²) in [6, 6.07) is 4.00. The Kier molecular flexibility index (Phi) is 1.41. The van der Waals surface area contributed by atoms with Gasteiger partial charge in [0.2, 0.25) is 5.95 Å². The number of anilines is 2. The van der Waals surface area contributed by atoms with Crippen LogP contribution >= 0.6 is 0 Å². The first-order valence-electron chi connectivity index (χ1n) is 4.70. The van der Waals surface area contributed by atoms with Crippen molar-refractivity contribution in [2.75, 3.05) is 23.7 Å². The lowest BCUT2D eigenvalue weighted by atomic mass is 10.2. The second-order valence-corrected chi connectivity index (χ2v) is 3.50. The molecule has 0 unspecified atom stereocenters. The van der Waals surface area contributed by atoms with E-state index >= 15 is 0 Å². The third-order valence-corrected chi connectivity index (χ3v) is 2.55. The Bertz CT molecular complexity index is 471. The predicted molar refractivity (Wildman–Crippen MR) is 54.2 cm³/mol. The summed E-state index contributed by atoms with van der Waals surface area (Å²) >= 11 is 0. The topological polar surface area (TPSA) is 59.5 Å². The zero-order valence-corrected chi connectivity index (χ0v) is 7.72. The molecule has 5 nitrogen and oxygen atoms in total. The zero-order chi connectivity index (χ0) is 9.54. The molecule has 1 fully saturated rings. The molecule has 0 spiro atoms. The van der Waals surface area contributed by atoms with E-state index < -0.39 is 0 Å². The van der Waals surface area contributed by atoms with Gasteiger partial charge in [0, 0.05) is 13.1 Å². The minimum absolute atomic E-state index is 0.325. The maximum absolute atomic E-state index is 5.51. The standard InChI is InChI=1S/C9H11N5/c10-9-11-8-3-2-7(6-14(8)12-9)13-4-1-5-13/h2-3,6H,1,4-5H2,(H2,10,12). The molecule has 0 amide bonds. The maximum Gasteiger partial charge on any atom is 0.240 e. The first-order valence-corrected chi connectivity index (χ1v) is 4.70. The number of aromatic nitrogens is 3. The Hall–Kier alpha value is -1.78. The van der Waals surface area contributed by atoms with E-state index in [4.69, 9.17) is 5.73 Å². The smallest absolute Gasteiger partial charge is 0.240 e. The van der Waals surface area contributed by atoms with Gasteiger partial charge in [-0.3, -0.25) is 0 Å². The molecule has 2 N–H and O–H groups in total. The number of nitrogens with two attached hydrogens (primary N) is 1. The van der Waals surface area contributed by atoms with E-state index in [9.17, 15) is 0 Å². The molecule has 0 radical (unpaired) electrons. The number of hydrogen-bond acceptors (Lipinski definition) is 4. The summed E-state index contributed by atoms with van der Waals surface area (Å²) in [5.41, 5.74) is 7.49. The Morgan fingerprint density at radius 2 is 2.14 bits per heavy atom. The molecule has 3 heterocycles. The first-order chi connectivity index (χ1) is 6.83. The molecule has 0 atom stereocenters. The number of rotatable bonds is 1. The molecule has 2 aromatic rings. The molecular formula is C9H11N5. The number of hydrogen-bond donors (Lipinski definition) is 1. The van der Waals surface area contributed by atoms with Gasteiger partial charge in [0.15, 0.2) is 5.65 Å². The highest BCUT2D eigenvalue weighted by atomic mass is 15.3. The lowest BCUT2D eigenvalue weighted by Crippen LogP contribution is -2.37. The third-order valence-electron chi connectivity index (χ3n) is 2.55. The van der Waals surface area contributed by atoms with Gasteiger partial charge in [0.05, 0.1) is 11.9 Å². The SMILES string of the molecule is Nc1nc2ccc(N3CCC3)cn2n1. The van der Waals surface area contributed by atoms with Crippen LogP contribution in [0, 0.1) is 0 Å². The van der Waals surface area contributed by atoms with Crippen LogP contribution in [0.5, 0.6) is 0 Å². The van der Waals surface area contributed by atoms with Crippen LogP contribution in [0.2, 0.25) is 0 Å². The summed E-state index contributed by atoms with van der Waals surface area (Å²) in [7, 11) is 0.